The van der Waals surface area contributed by atoms with Crippen LogP contribution >= 0.6 is 0 Å². The lowest BCUT2D eigenvalue weighted by Crippen LogP contribution is -2.49. The van der Waals surface area contributed by atoms with E-state index in [2.05, 4.69) is 5.32 Å². The van der Waals surface area contributed by atoms with E-state index in [1.165, 1.54) is 0 Å². The molecule has 0 saturated carbocycles. The number of amides is 2. The van der Waals surface area contributed by atoms with Gasteiger partial charge in [-0.3, -0.25) is 9.59 Å². The number of fused-ring (bicyclic) bond motifs is 1. The Kier molecular flexibility index (Phi) is 5.26. The molecule has 26 heavy (non-hydrogen) atoms. The summed E-state index contributed by atoms with van der Waals surface area (Å²) in [5.41, 5.74) is 7.11. The molecule has 1 aliphatic heterocycles. The molecule has 0 aliphatic carbocycles. The number of carbonyl (C=O) groups excluding carboxylic acids is 2. The van der Waals surface area contributed by atoms with Crippen LogP contribution in [0.15, 0.2) is 48.5 Å². The molecular formula is C19H21N3O4. The molecule has 0 bridgehead atoms. The lowest BCUT2D eigenvalue weighted by molar-refractivity contribution is -0.125. The lowest BCUT2D eigenvalue weighted by atomic mass is 10.1. The number of rotatable bonds is 6. The van der Waals surface area contributed by atoms with E-state index < -0.39 is 12.0 Å². The SMILES string of the molecule is COc1ccc(CNC(=O)CN2CC(C(N)=O)Oc3ccccc32)cc1. The van der Waals surface area contributed by atoms with Gasteiger partial charge in [-0.1, -0.05) is 24.3 Å². The fourth-order valence-electron chi connectivity index (χ4n) is 2.78. The number of nitrogens with one attached hydrogen (secondary N) is 1. The Balaban J connectivity index is 1.63. The summed E-state index contributed by atoms with van der Waals surface area (Å²) in [5, 5.41) is 2.88. The van der Waals surface area contributed by atoms with Crippen LogP contribution in [0.3, 0.4) is 0 Å². The summed E-state index contributed by atoms with van der Waals surface area (Å²) in [6.07, 6.45) is -0.778. The van der Waals surface area contributed by atoms with Crippen LogP contribution in [-0.2, 0) is 16.1 Å². The Morgan fingerprint density at radius 1 is 1.23 bits per heavy atom. The molecule has 1 atom stereocenters. The molecule has 0 saturated heterocycles. The van der Waals surface area contributed by atoms with Gasteiger partial charge < -0.3 is 25.4 Å². The zero-order chi connectivity index (χ0) is 18.5. The number of para-hydroxylation sites is 2. The first kappa shape index (κ1) is 17.6. The summed E-state index contributed by atoms with van der Waals surface area (Å²) in [5.74, 6) is 0.608. The summed E-state index contributed by atoms with van der Waals surface area (Å²) in [7, 11) is 1.61. The molecule has 7 nitrogen and oxygen atoms in total. The average Bonchev–Trinajstić information content (AvgIpc) is 2.66. The van der Waals surface area contributed by atoms with E-state index in [1.807, 2.05) is 42.5 Å². The van der Waals surface area contributed by atoms with E-state index >= 15 is 0 Å². The minimum atomic E-state index is -0.778. The lowest BCUT2D eigenvalue weighted by Gasteiger charge is -2.34. The van der Waals surface area contributed by atoms with Crippen LogP contribution in [0.1, 0.15) is 5.56 Å². The number of nitrogens with zero attached hydrogens (tertiary/aromatic N) is 1. The van der Waals surface area contributed by atoms with Crippen molar-refractivity contribution in [1.82, 2.24) is 5.32 Å². The second-order valence-electron chi connectivity index (χ2n) is 5.98. The van der Waals surface area contributed by atoms with Crippen LogP contribution in [-0.4, -0.2) is 38.1 Å². The van der Waals surface area contributed by atoms with Gasteiger partial charge in [-0.25, -0.2) is 0 Å². The third kappa shape index (κ3) is 4.05. The maximum atomic E-state index is 12.4. The number of primary amides is 1. The number of nitrogens with two attached hydrogens (primary N) is 1. The molecule has 7 heteroatoms. The van der Waals surface area contributed by atoms with Crippen LogP contribution in [0.4, 0.5) is 5.69 Å². The van der Waals surface area contributed by atoms with Crippen LogP contribution in [0.25, 0.3) is 0 Å². The number of anilines is 1. The molecule has 0 fully saturated rings. The molecule has 1 heterocycles. The third-order valence-electron chi connectivity index (χ3n) is 4.16. The Morgan fingerprint density at radius 2 is 1.96 bits per heavy atom. The van der Waals surface area contributed by atoms with Gasteiger partial charge in [0.2, 0.25) is 5.91 Å². The molecule has 2 aromatic rings. The van der Waals surface area contributed by atoms with E-state index in [0.29, 0.717) is 12.3 Å². The number of carbonyl (C=O) groups is 2. The first-order chi connectivity index (χ1) is 12.6. The normalized spacial score (nSPS) is 15.6. The van der Waals surface area contributed by atoms with Gasteiger partial charge in [-0.05, 0) is 29.8 Å². The van der Waals surface area contributed by atoms with E-state index in [-0.39, 0.29) is 19.0 Å². The first-order valence-electron chi connectivity index (χ1n) is 8.26. The number of methoxy groups -OCH3 is 1. The third-order valence-corrected chi connectivity index (χ3v) is 4.16. The molecule has 136 valence electrons. The Hall–Kier alpha value is -3.22. The summed E-state index contributed by atoms with van der Waals surface area (Å²) in [6.45, 7) is 0.761. The molecule has 3 N–H and O–H groups in total. The fraction of sp³-hybridized carbons (Fsp3) is 0.263. The van der Waals surface area contributed by atoms with Gasteiger partial charge in [0.05, 0.1) is 25.9 Å². The highest BCUT2D eigenvalue weighted by Crippen LogP contribution is 2.32. The van der Waals surface area contributed by atoms with Crippen molar-refractivity contribution in [3.8, 4) is 11.5 Å². The summed E-state index contributed by atoms with van der Waals surface area (Å²) in [4.78, 5) is 25.7. The maximum Gasteiger partial charge on any atom is 0.260 e. The fourth-order valence-corrected chi connectivity index (χ4v) is 2.78. The van der Waals surface area contributed by atoms with Gasteiger partial charge in [0.1, 0.15) is 11.5 Å². The Morgan fingerprint density at radius 3 is 2.65 bits per heavy atom. The summed E-state index contributed by atoms with van der Waals surface area (Å²) in [6, 6.07) is 14.8. The van der Waals surface area contributed by atoms with E-state index in [1.54, 1.807) is 18.1 Å². The van der Waals surface area contributed by atoms with Gasteiger partial charge in [0.15, 0.2) is 6.10 Å². The Bertz CT molecular complexity index is 792. The zero-order valence-corrected chi connectivity index (χ0v) is 14.5. The van der Waals surface area contributed by atoms with E-state index in [4.69, 9.17) is 15.2 Å². The second-order valence-corrected chi connectivity index (χ2v) is 5.98. The van der Waals surface area contributed by atoms with Crippen molar-refractivity contribution in [2.75, 3.05) is 25.1 Å². The zero-order valence-electron chi connectivity index (χ0n) is 14.5. The molecular weight excluding hydrogens is 334 g/mol. The van der Waals surface area contributed by atoms with Crippen molar-refractivity contribution in [3.63, 3.8) is 0 Å². The van der Waals surface area contributed by atoms with Gasteiger partial charge >= 0.3 is 0 Å². The largest absolute Gasteiger partial charge is 0.497 e. The number of hydrogen-bond donors (Lipinski definition) is 2. The van der Waals surface area contributed by atoms with Gasteiger partial charge in [-0.2, -0.15) is 0 Å². The number of benzene rings is 2. The van der Waals surface area contributed by atoms with Crippen LogP contribution < -0.4 is 25.4 Å². The van der Waals surface area contributed by atoms with Crippen molar-refractivity contribution >= 4 is 17.5 Å². The predicted octanol–water partition coefficient (Wildman–Crippen LogP) is 1.06. The number of ether oxygens (including phenoxy) is 2. The summed E-state index contributed by atoms with van der Waals surface area (Å²) >= 11 is 0. The predicted molar refractivity (Wildman–Crippen MR) is 97.1 cm³/mol. The molecule has 2 amide bonds. The molecule has 1 aliphatic rings. The van der Waals surface area contributed by atoms with Crippen LogP contribution in [0.5, 0.6) is 11.5 Å². The highest BCUT2D eigenvalue weighted by molar-refractivity contribution is 5.85. The average molecular weight is 355 g/mol. The Labute approximate surface area is 151 Å². The first-order valence-corrected chi connectivity index (χ1v) is 8.26. The molecule has 0 aromatic heterocycles. The van der Waals surface area contributed by atoms with Crippen molar-refractivity contribution in [3.05, 3.63) is 54.1 Å². The minimum Gasteiger partial charge on any atom is -0.497 e. The minimum absolute atomic E-state index is 0.111. The van der Waals surface area contributed by atoms with Gasteiger partial charge in [0.25, 0.3) is 5.91 Å². The monoisotopic (exact) mass is 355 g/mol. The maximum absolute atomic E-state index is 12.4. The molecule has 3 rings (SSSR count). The van der Waals surface area contributed by atoms with Gasteiger partial charge in [0, 0.05) is 6.54 Å². The van der Waals surface area contributed by atoms with Gasteiger partial charge in [-0.15, -0.1) is 0 Å². The summed E-state index contributed by atoms with van der Waals surface area (Å²) < 4.78 is 10.7. The van der Waals surface area contributed by atoms with E-state index in [0.717, 1.165) is 17.0 Å². The van der Waals surface area contributed by atoms with Crippen LogP contribution in [0.2, 0.25) is 0 Å². The molecule has 0 spiro atoms. The van der Waals surface area contributed by atoms with Crippen molar-refractivity contribution in [1.29, 1.82) is 0 Å². The topological polar surface area (TPSA) is 93.9 Å². The molecule has 0 radical (unpaired) electrons. The van der Waals surface area contributed by atoms with Crippen molar-refractivity contribution in [2.45, 2.75) is 12.6 Å². The van der Waals surface area contributed by atoms with Crippen molar-refractivity contribution in [2.24, 2.45) is 5.73 Å². The molecule has 1 unspecified atom stereocenters. The number of hydrogen-bond acceptors (Lipinski definition) is 5. The van der Waals surface area contributed by atoms with E-state index in [9.17, 15) is 9.59 Å². The van der Waals surface area contributed by atoms with Crippen molar-refractivity contribution < 1.29 is 19.1 Å². The highest BCUT2D eigenvalue weighted by atomic mass is 16.5. The highest BCUT2D eigenvalue weighted by Gasteiger charge is 2.30. The second kappa shape index (κ2) is 7.77. The smallest absolute Gasteiger partial charge is 0.260 e. The van der Waals surface area contributed by atoms with Crippen LogP contribution in [0, 0.1) is 0 Å². The quantitative estimate of drug-likeness (QED) is 0.808. The molecule has 2 aromatic carbocycles. The standard InChI is InChI=1S/C19H21N3O4/c1-25-14-8-6-13(7-9-14)10-21-18(23)12-22-11-17(19(20)24)26-16-5-3-2-4-15(16)22/h2-9,17H,10-12H2,1H3,(H2,20,24)(H,21,23).